The topological polar surface area (TPSA) is 76.3 Å². The van der Waals surface area contributed by atoms with Crippen molar-refractivity contribution in [3.63, 3.8) is 0 Å². The van der Waals surface area contributed by atoms with Crippen molar-refractivity contribution in [3.05, 3.63) is 118 Å². The summed E-state index contributed by atoms with van der Waals surface area (Å²) < 4.78 is 4.58. The van der Waals surface area contributed by atoms with Crippen molar-refractivity contribution in [1.29, 1.82) is 0 Å². The highest BCUT2D eigenvalue weighted by Crippen LogP contribution is 2.37. The van der Waals surface area contributed by atoms with Gasteiger partial charge in [-0.3, -0.25) is 9.59 Å². The molecule has 4 heterocycles. The van der Waals surface area contributed by atoms with Crippen LogP contribution < -0.4 is 9.80 Å². The number of unbranched alkanes of at least 4 members (excludes halogenated alkanes) is 2. The van der Waals surface area contributed by atoms with Crippen LogP contribution in [0.1, 0.15) is 66.7 Å². The molecule has 2 unspecified atom stereocenters. The number of para-hydroxylation sites is 4. The molecule has 0 saturated carbocycles. The summed E-state index contributed by atoms with van der Waals surface area (Å²) in [5.41, 5.74) is 7.68. The zero-order chi connectivity index (χ0) is 35.2. The minimum Gasteiger partial charge on any atom is -0.328 e. The second kappa shape index (κ2) is 13.8. The van der Waals surface area contributed by atoms with Crippen molar-refractivity contribution in [3.8, 4) is 0 Å². The van der Waals surface area contributed by atoms with Crippen LogP contribution in [0.4, 0.5) is 11.4 Å². The Morgan fingerprint density at radius 1 is 0.686 bits per heavy atom. The maximum absolute atomic E-state index is 13.8. The van der Waals surface area contributed by atoms with E-state index in [1.54, 1.807) is 0 Å². The van der Waals surface area contributed by atoms with E-state index in [1.165, 1.54) is 0 Å². The van der Waals surface area contributed by atoms with Gasteiger partial charge in [-0.05, 0) is 99.2 Å². The van der Waals surface area contributed by atoms with E-state index in [0.717, 1.165) is 88.6 Å². The molecule has 2 amide bonds. The van der Waals surface area contributed by atoms with Gasteiger partial charge in [0.05, 0.1) is 28.0 Å². The van der Waals surface area contributed by atoms with Crippen LogP contribution in [0.25, 0.3) is 22.1 Å². The van der Waals surface area contributed by atoms with Crippen molar-refractivity contribution in [1.82, 2.24) is 19.1 Å². The standard InChI is InChI=1S/C41H40Cl2N6O2/c1-26-14-16-29(23-32(26)42)46-21-18-31(41(46)51)40-45-35-11-5-7-13-37(35)48(40)20-9-3-8-19-47-36-12-6-4-10-34(36)44-39(47)28-22-38(50)49(25-28)30-17-15-27(2)33(43)24-30/h4-7,10-17,23-24,28,31H,3,8-9,18-22,25H2,1-2H3. The van der Waals surface area contributed by atoms with Crippen LogP contribution in [0.3, 0.4) is 0 Å². The average Bonchev–Trinajstić information content (AvgIpc) is 3.90. The van der Waals surface area contributed by atoms with E-state index in [9.17, 15) is 9.59 Å². The third-order valence-corrected chi connectivity index (χ3v) is 11.4. The van der Waals surface area contributed by atoms with Crippen molar-refractivity contribution >= 4 is 68.5 Å². The van der Waals surface area contributed by atoms with Crippen LogP contribution in [0, 0.1) is 13.8 Å². The van der Waals surface area contributed by atoms with Crippen LogP contribution in [0.15, 0.2) is 84.9 Å². The van der Waals surface area contributed by atoms with Gasteiger partial charge in [-0.1, -0.05) is 59.6 Å². The number of hydrogen-bond donors (Lipinski definition) is 0. The van der Waals surface area contributed by atoms with Gasteiger partial charge in [-0.25, -0.2) is 9.97 Å². The minimum absolute atomic E-state index is 0.00991. The van der Waals surface area contributed by atoms with E-state index < -0.39 is 0 Å². The first kappa shape index (κ1) is 33.5. The van der Waals surface area contributed by atoms with Crippen LogP contribution in [0.5, 0.6) is 0 Å². The Labute approximate surface area is 307 Å². The van der Waals surface area contributed by atoms with Gasteiger partial charge < -0.3 is 18.9 Å². The lowest BCUT2D eigenvalue weighted by molar-refractivity contribution is -0.118. The number of imidazole rings is 2. The lowest BCUT2D eigenvalue weighted by atomic mass is 10.1. The molecule has 8 nitrogen and oxygen atoms in total. The van der Waals surface area contributed by atoms with Gasteiger partial charge in [-0.2, -0.15) is 0 Å². The maximum Gasteiger partial charge on any atom is 0.237 e. The zero-order valence-corrected chi connectivity index (χ0v) is 30.4. The van der Waals surface area contributed by atoms with Crippen LogP contribution >= 0.6 is 23.2 Å². The average molecular weight is 720 g/mol. The van der Waals surface area contributed by atoms with Crippen molar-refractivity contribution in [2.75, 3.05) is 22.9 Å². The summed E-state index contributed by atoms with van der Waals surface area (Å²) in [5, 5.41) is 1.33. The molecule has 2 atom stereocenters. The van der Waals surface area contributed by atoms with E-state index in [2.05, 4.69) is 27.3 Å². The van der Waals surface area contributed by atoms with Gasteiger partial charge in [0.25, 0.3) is 0 Å². The monoisotopic (exact) mass is 718 g/mol. The molecule has 0 N–H and O–H groups in total. The molecule has 2 saturated heterocycles. The second-order valence-electron chi connectivity index (χ2n) is 13.9. The fourth-order valence-corrected chi connectivity index (χ4v) is 8.11. The molecule has 2 fully saturated rings. The van der Waals surface area contributed by atoms with Gasteiger partial charge in [0.15, 0.2) is 0 Å². The molecule has 8 rings (SSSR count). The van der Waals surface area contributed by atoms with Crippen molar-refractivity contribution in [2.45, 2.75) is 70.9 Å². The zero-order valence-electron chi connectivity index (χ0n) is 28.9. The normalized spacial score (nSPS) is 17.9. The van der Waals surface area contributed by atoms with Crippen LogP contribution in [-0.4, -0.2) is 44.0 Å². The Hall–Kier alpha value is -4.66. The SMILES string of the molecule is Cc1ccc(N2CC(c3nc4ccccc4n3CCCCCn3c(C4CCN(c5ccc(C)c(Cl)c5)C4=O)nc4ccccc43)CC2=O)cc1Cl. The number of halogens is 2. The molecule has 260 valence electrons. The lowest BCUT2D eigenvalue weighted by Crippen LogP contribution is -2.27. The fourth-order valence-electron chi connectivity index (χ4n) is 7.76. The number of anilines is 2. The number of rotatable bonds is 10. The smallest absolute Gasteiger partial charge is 0.237 e. The third-order valence-electron chi connectivity index (χ3n) is 10.6. The number of aryl methyl sites for hydroxylation is 4. The molecule has 0 bridgehead atoms. The molecule has 2 aromatic heterocycles. The number of nitrogens with zero attached hydrogens (tertiary/aromatic N) is 6. The van der Waals surface area contributed by atoms with Crippen molar-refractivity contribution < 1.29 is 9.59 Å². The first-order chi connectivity index (χ1) is 24.8. The number of fused-ring (bicyclic) bond motifs is 2. The summed E-state index contributed by atoms with van der Waals surface area (Å²) >= 11 is 12.8. The van der Waals surface area contributed by atoms with Gasteiger partial charge in [0.1, 0.15) is 11.6 Å². The first-order valence-corrected chi connectivity index (χ1v) is 18.6. The van der Waals surface area contributed by atoms with Gasteiger partial charge >= 0.3 is 0 Å². The summed E-state index contributed by atoms with van der Waals surface area (Å²) in [4.78, 5) is 40.9. The largest absolute Gasteiger partial charge is 0.328 e. The lowest BCUT2D eigenvalue weighted by Gasteiger charge is -2.18. The van der Waals surface area contributed by atoms with Gasteiger partial charge in [0, 0.05) is 59.9 Å². The molecule has 0 aliphatic carbocycles. The van der Waals surface area contributed by atoms with E-state index in [-0.39, 0.29) is 23.7 Å². The van der Waals surface area contributed by atoms with E-state index in [4.69, 9.17) is 33.2 Å². The number of benzene rings is 4. The Bertz CT molecular complexity index is 2290. The number of hydrogen-bond acceptors (Lipinski definition) is 4. The first-order valence-electron chi connectivity index (χ1n) is 17.8. The molecule has 10 heteroatoms. The predicted molar refractivity (Wildman–Crippen MR) is 205 cm³/mol. The Morgan fingerprint density at radius 2 is 1.24 bits per heavy atom. The molecule has 2 aliphatic rings. The highest BCUT2D eigenvalue weighted by Gasteiger charge is 2.38. The van der Waals surface area contributed by atoms with E-state index in [0.29, 0.717) is 36.0 Å². The molecular weight excluding hydrogens is 679 g/mol. The summed E-state index contributed by atoms with van der Waals surface area (Å²) in [6.45, 7) is 6.73. The Kier molecular flexibility index (Phi) is 9.07. The van der Waals surface area contributed by atoms with Crippen LogP contribution in [0.2, 0.25) is 10.0 Å². The minimum atomic E-state index is -0.304. The molecule has 6 aromatic rings. The van der Waals surface area contributed by atoms with E-state index >= 15 is 0 Å². The third kappa shape index (κ3) is 6.29. The summed E-state index contributed by atoms with van der Waals surface area (Å²) in [6.07, 6.45) is 4.01. The Balaban J connectivity index is 0.972. The van der Waals surface area contributed by atoms with Crippen molar-refractivity contribution in [2.24, 2.45) is 0 Å². The van der Waals surface area contributed by atoms with E-state index in [1.807, 2.05) is 90.4 Å². The van der Waals surface area contributed by atoms with Gasteiger partial charge in [0.2, 0.25) is 11.8 Å². The quantitative estimate of drug-likeness (QED) is 0.132. The fraction of sp³-hybridized carbons (Fsp3) is 0.317. The highest BCUT2D eigenvalue weighted by molar-refractivity contribution is 6.32. The maximum atomic E-state index is 13.8. The molecule has 51 heavy (non-hydrogen) atoms. The Morgan fingerprint density at radius 3 is 1.84 bits per heavy atom. The number of carbonyl (C=O) groups is 2. The molecule has 0 radical (unpaired) electrons. The molecule has 0 spiro atoms. The second-order valence-corrected chi connectivity index (χ2v) is 14.7. The number of amides is 2. The van der Waals surface area contributed by atoms with Crippen LogP contribution in [-0.2, 0) is 22.7 Å². The predicted octanol–water partition coefficient (Wildman–Crippen LogP) is 9.22. The van der Waals surface area contributed by atoms with Gasteiger partial charge in [-0.15, -0.1) is 0 Å². The molecular formula is C41H40Cl2N6O2. The summed E-state index contributed by atoms with van der Waals surface area (Å²) in [7, 11) is 0. The molecule has 2 aliphatic heterocycles. The number of aromatic nitrogens is 4. The number of carbonyl (C=O) groups excluding carboxylic acids is 2. The molecule has 4 aromatic carbocycles. The summed E-state index contributed by atoms with van der Waals surface area (Å²) in [6, 6.07) is 28.0. The highest BCUT2D eigenvalue weighted by atomic mass is 35.5. The summed E-state index contributed by atoms with van der Waals surface area (Å²) in [5.74, 6) is 1.66.